The molecule has 11 heteroatoms. The third-order valence-corrected chi connectivity index (χ3v) is 7.87. The molecule has 0 unspecified atom stereocenters. The van der Waals surface area contributed by atoms with Crippen molar-refractivity contribution >= 4 is 59.8 Å². The average Bonchev–Trinajstić information content (AvgIpc) is 3.61. The quantitative estimate of drug-likeness (QED) is 0.133. The summed E-state index contributed by atoms with van der Waals surface area (Å²) < 4.78 is 76.3. The van der Waals surface area contributed by atoms with Crippen molar-refractivity contribution < 1.29 is 22.0 Å². The summed E-state index contributed by atoms with van der Waals surface area (Å²) in [6.45, 7) is 14.6. The van der Waals surface area contributed by atoms with E-state index >= 15 is 8.78 Å². The van der Waals surface area contributed by atoms with Crippen LogP contribution in [0, 0.1) is 64.9 Å². The minimum absolute atomic E-state index is 0.0681. The van der Waals surface area contributed by atoms with E-state index < -0.39 is 45.8 Å². The third-order valence-electron chi connectivity index (χ3n) is 6.01. The number of hydrogen-bond acceptors (Lipinski definition) is 4. The SMILES string of the molecule is [C-]#[N+]/C(C#N)=c1/c2ccsc2/c(=C(/c2ccc([N+]#[C-])c(F)c2)c2c(F)c(F)c(C#N)c(F)c2F)c2ccsc12. The zero-order valence-corrected chi connectivity index (χ0v) is 20.7. The summed E-state index contributed by atoms with van der Waals surface area (Å²) in [6.07, 6.45) is 0. The molecule has 0 atom stereocenters. The Kier molecular flexibility index (Phi) is 6.34. The fraction of sp³-hybridized carbons (Fsp3) is 0. The van der Waals surface area contributed by atoms with Gasteiger partial charge in [0.1, 0.15) is 17.4 Å². The monoisotopic (exact) mass is 558 g/mol. The Morgan fingerprint density at radius 2 is 1.38 bits per heavy atom. The molecule has 186 valence electrons. The minimum atomic E-state index is -1.92. The van der Waals surface area contributed by atoms with E-state index in [9.17, 15) is 18.4 Å². The van der Waals surface area contributed by atoms with Crippen molar-refractivity contribution in [2.75, 3.05) is 0 Å². The van der Waals surface area contributed by atoms with Gasteiger partial charge in [0.15, 0.2) is 23.3 Å². The summed E-state index contributed by atoms with van der Waals surface area (Å²) in [7, 11) is 0. The molecular weight excluding hydrogens is 551 g/mol. The first kappa shape index (κ1) is 25.6. The first-order valence-electron chi connectivity index (χ1n) is 10.6. The Morgan fingerprint density at radius 1 is 0.795 bits per heavy atom. The van der Waals surface area contributed by atoms with Gasteiger partial charge in [-0.25, -0.2) is 36.9 Å². The fourth-order valence-corrected chi connectivity index (χ4v) is 6.31. The van der Waals surface area contributed by atoms with Gasteiger partial charge in [-0.3, -0.25) is 0 Å². The van der Waals surface area contributed by atoms with Crippen LogP contribution in [-0.2, 0) is 0 Å². The summed E-state index contributed by atoms with van der Waals surface area (Å²) in [4.78, 5) is 6.35. The molecule has 0 aliphatic carbocycles. The number of halogens is 5. The lowest BCUT2D eigenvalue weighted by molar-refractivity contribution is 0.446. The van der Waals surface area contributed by atoms with Crippen molar-refractivity contribution in [2.24, 2.45) is 0 Å². The molecular formula is C28H7F5N4S2. The van der Waals surface area contributed by atoms with Gasteiger partial charge >= 0.3 is 0 Å². The van der Waals surface area contributed by atoms with Gasteiger partial charge in [-0.2, -0.15) is 5.26 Å². The fourth-order valence-electron chi connectivity index (χ4n) is 4.38. The van der Waals surface area contributed by atoms with Crippen LogP contribution in [0.1, 0.15) is 16.7 Å². The van der Waals surface area contributed by atoms with Crippen LogP contribution in [0.15, 0.2) is 41.1 Å². The molecule has 4 nitrogen and oxygen atoms in total. The van der Waals surface area contributed by atoms with Crippen LogP contribution < -0.4 is 10.4 Å². The molecule has 0 aliphatic heterocycles. The molecule has 0 saturated carbocycles. The third kappa shape index (κ3) is 3.73. The molecule has 2 aromatic heterocycles. The van der Waals surface area contributed by atoms with E-state index in [1.165, 1.54) is 6.07 Å². The molecule has 0 aliphatic rings. The topological polar surface area (TPSA) is 56.3 Å². The van der Waals surface area contributed by atoms with Gasteiger partial charge in [0.25, 0.3) is 5.70 Å². The zero-order valence-electron chi connectivity index (χ0n) is 19.0. The Morgan fingerprint density at radius 3 is 1.90 bits per heavy atom. The zero-order chi connectivity index (χ0) is 28.0. The lowest BCUT2D eigenvalue weighted by atomic mass is 9.91. The van der Waals surface area contributed by atoms with E-state index in [4.69, 9.17) is 18.4 Å². The van der Waals surface area contributed by atoms with E-state index in [0.717, 1.165) is 40.9 Å². The predicted molar refractivity (Wildman–Crippen MR) is 137 cm³/mol. The smallest absolute Gasteiger partial charge is 0.235 e. The normalized spacial score (nSPS) is 12.4. The Hall–Kier alpha value is -5.07. The van der Waals surface area contributed by atoms with Crippen molar-refractivity contribution in [3.8, 4) is 12.1 Å². The van der Waals surface area contributed by atoms with Crippen LogP contribution in [0.4, 0.5) is 27.6 Å². The largest absolute Gasteiger partial charge is 0.271 e. The van der Waals surface area contributed by atoms with Gasteiger partial charge in [0.05, 0.1) is 24.8 Å². The highest BCUT2D eigenvalue weighted by Gasteiger charge is 2.30. The molecule has 0 radical (unpaired) electrons. The first-order valence-corrected chi connectivity index (χ1v) is 12.4. The maximum atomic E-state index is 15.5. The summed E-state index contributed by atoms with van der Waals surface area (Å²) in [5, 5.41) is 22.9. The van der Waals surface area contributed by atoms with Crippen LogP contribution in [0.5, 0.6) is 0 Å². The van der Waals surface area contributed by atoms with E-state index in [1.807, 2.05) is 6.07 Å². The molecule has 3 aromatic carbocycles. The summed E-state index contributed by atoms with van der Waals surface area (Å²) in [5.74, 6) is -8.61. The molecule has 0 spiro atoms. The molecule has 2 heterocycles. The Labute approximate surface area is 224 Å². The molecule has 0 N–H and O–H groups in total. The highest BCUT2D eigenvalue weighted by molar-refractivity contribution is 7.18. The van der Waals surface area contributed by atoms with Gasteiger partial charge in [0.2, 0.25) is 5.69 Å². The molecule has 0 bridgehead atoms. The van der Waals surface area contributed by atoms with Crippen molar-refractivity contribution in [2.45, 2.75) is 0 Å². The van der Waals surface area contributed by atoms with Crippen molar-refractivity contribution in [1.29, 1.82) is 10.5 Å². The number of fused-ring (bicyclic) bond motifs is 2. The second kappa shape index (κ2) is 9.67. The van der Waals surface area contributed by atoms with Crippen molar-refractivity contribution in [3.05, 3.63) is 120 Å². The maximum absolute atomic E-state index is 15.5. The predicted octanol–water partition coefficient (Wildman–Crippen LogP) is 7.03. The Balaban J connectivity index is 2.19. The van der Waals surface area contributed by atoms with Crippen LogP contribution in [-0.4, -0.2) is 0 Å². The van der Waals surface area contributed by atoms with Gasteiger partial charge < -0.3 is 0 Å². The van der Waals surface area contributed by atoms with E-state index in [2.05, 4.69) is 9.69 Å². The highest BCUT2D eigenvalue weighted by atomic mass is 32.1. The first-order chi connectivity index (χ1) is 18.8. The standard InChI is InChI=1S/C28H7F5N4S2/c1-36-17-4-3-12(9-16(17)29)19(22-25(32)23(30)15(10-34)24(31)26(22)33)21-14-6-8-38-27(14)20(18(11-35)37-2)13-5-7-39-28(13)21/h3-9H/b20-18-,21-19-. The minimum Gasteiger partial charge on any atom is -0.235 e. The van der Waals surface area contributed by atoms with Crippen LogP contribution in [0.3, 0.4) is 0 Å². The van der Waals surface area contributed by atoms with Gasteiger partial charge in [-0.1, -0.05) is 12.1 Å². The maximum Gasteiger partial charge on any atom is 0.271 e. The van der Waals surface area contributed by atoms with E-state index in [0.29, 0.717) is 14.8 Å². The van der Waals surface area contributed by atoms with Gasteiger partial charge in [0, 0.05) is 30.8 Å². The van der Waals surface area contributed by atoms with Gasteiger partial charge in [-0.15, -0.1) is 22.7 Å². The summed E-state index contributed by atoms with van der Waals surface area (Å²) in [6, 6.07) is 9.18. The van der Waals surface area contributed by atoms with E-state index in [-0.39, 0.29) is 32.8 Å². The lowest BCUT2D eigenvalue weighted by Gasteiger charge is -2.15. The number of thiophene rings is 2. The summed E-state index contributed by atoms with van der Waals surface area (Å²) >= 11 is 2.20. The molecule has 39 heavy (non-hydrogen) atoms. The van der Waals surface area contributed by atoms with Crippen molar-refractivity contribution in [3.63, 3.8) is 0 Å². The van der Waals surface area contributed by atoms with Crippen molar-refractivity contribution in [1.82, 2.24) is 0 Å². The second-order valence-electron chi connectivity index (χ2n) is 7.92. The molecule has 0 saturated heterocycles. The number of nitriles is 2. The number of benzene rings is 3. The molecule has 5 aromatic rings. The van der Waals surface area contributed by atoms with Crippen LogP contribution in [0.25, 0.3) is 41.1 Å². The number of nitrogens with zero attached hydrogens (tertiary/aromatic N) is 4. The second-order valence-corrected chi connectivity index (χ2v) is 9.75. The highest BCUT2D eigenvalue weighted by Crippen LogP contribution is 2.35. The van der Waals surface area contributed by atoms with E-state index in [1.54, 1.807) is 22.9 Å². The lowest BCUT2D eigenvalue weighted by Crippen LogP contribution is -2.19. The number of rotatable bonds is 2. The van der Waals surface area contributed by atoms with Gasteiger partial charge in [-0.05, 0) is 39.9 Å². The van der Waals surface area contributed by atoms with Crippen LogP contribution in [0.2, 0.25) is 0 Å². The molecule has 5 rings (SSSR count). The Bertz CT molecular complexity index is 2080. The number of hydrogen-bond donors (Lipinski definition) is 0. The van der Waals surface area contributed by atoms with Crippen LogP contribution >= 0.6 is 22.7 Å². The average molecular weight is 559 g/mol. The molecule has 0 amide bonds. The molecule has 0 fully saturated rings. The summed E-state index contributed by atoms with van der Waals surface area (Å²) in [5.41, 5.74) is -3.90.